The van der Waals surface area contributed by atoms with E-state index in [1.165, 1.54) is 11.8 Å². The van der Waals surface area contributed by atoms with Gasteiger partial charge < -0.3 is 5.32 Å². The highest BCUT2D eigenvalue weighted by atomic mass is 127. The molecule has 0 bridgehead atoms. The molecule has 0 radical (unpaired) electrons. The molecule has 0 unspecified atom stereocenters. The molecule has 3 nitrogen and oxygen atoms in total. The SMILES string of the molecule is Cc1cccc(N=C2NC(=O)C(=Cc3cccc(I)c3)S2)c1. The van der Waals surface area contributed by atoms with Crippen molar-refractivity contribution in [3.63, 3.8) is 0 Å². The number of thioether (sulfide) groups is 1. The third-order valence-corrected chi connectivity index (χ3v) is 4.61. The molecular formula is C17H13IN2OS. The molecule has 2 aromatic rings. The van der Waals surface area contributed by atoms with Gasteiger partial charge in [0, 0.05) is 3.57 Å². The molecule has 0 aliphatic carbocycles. The van der Waals surface area contributed by atoms with Gasteiger partial charge in [-0.2, -0.15) is 0 Å². The molecule has 3 rings (SSSR count). The topological polar surface area (TPSA) is 41.5 Å². The first-order valence-corrected chi connectivity index (χ1v) is 8.61. The molecule has 0 saturated carbocycles. The summed E-state index contributed by atoms with van der Waals surface area (Å²) in [5.74, 6) is -0.102. The number of aryl methyl sites for hydroxylation is 1. The zero-order valence-corrected chi connectivity index (χ0v) is 14.8. The molecular weight excluding hydrogens is 407 g/mol. The van der Waals surface area contributed by atoms with Crippen molar-refractivity contribution in [3.8, 4) is 0 Å². The van der Waals surface area contributed by atoms with Gasteiger partial charge in [-0.3, -0.25) is 4.79 Å². The number of benzene rings is 2. The van der Waals surface area contributed by atoms with E-state index in [9.17, 15) is 4.79 Å². The molecule has 22 heavy (non-hydrogen) atoms. The Labute approximate surface area is 147 Å². The standard InChI is InChI=1S/C17H13IN2OS/c1-11-4-2-7-14(8-11)19-17-20-16(21)15(22-17)10-12-5-3-6-13(18)9-12/h2-10H,1H3,(H,19,20,21). The molecule has 5 heteroatoms. The quantitative estimate of drug-likeness (QED) is 0.575. The Balaban J connectivity index is 1.84. The average molecular weight is 420 g/mol. The fourth-order valence-electron chi connectivity index (χ4n) is 2.04. The first-order chi connectivity index (χ1) is 10.6. The molecule has 1 saturated heterocycles. The summed E-state index contributed by atoms with van der Waals surface area (Å²) in [6.07, 6.45) is 1.89. The predicted molar refractivity (Wildman–Crippen MR) is 101 cm³/mol. The number of nitrogens with one attached hydrogen (secondary N) is 1. The van der Waals surface area contributed by atoms with Crippen LogP contribution in [0.4, 0.5) is 5.69 Å². The molecule has 1 aliphatic heterocycles. The summed E-state index contributed by atoms with van der Waals surface area (Å²) in [6.45, 7) is 2.02. The van der Waals surface area contributed by atoms with Gasteiger partial charge in [-0.15, -0.1) is 0 Å². The van der Waals surface area contributed by atoms with E-state index in [1.54, 1.807) is 0 Å². The van der Waals surface area contributed by atoms with Crippen molar-refractivity contribution in [1.29, 1.82) is 0 Å². The maximum atomic E-state index is 12.0. The van der Waals surface area contributed by atoms with Gasteiger partial charge >= 0.3 is 0 Å². The second kappa shape index (κ2) is 6.66. The molecule has 1 heterocycles. The maximum absolute atomic E-state index is 12.0. The summed E-state index contributed by atoms with van der Waals surface area (Å²) in [4.78, 5) is 17.2. The average Bonchev–Trinajstić information content (AvgIpc) is 2.79. The van der Waals surface area contributed by atoms with Crippen molar-refractivity contribution >= 4 is 57.2 Å². The van der Waals surface area contributed by atoms with Crippen LogP contribution in [0.2, 0.25) is 0 Å². The highest BCUT2D eigenvalue weighted by Crippen LogP contribution is 2.28. The number of amidine groups is 1. The van der Waals surface area contributed by atoms with Crippen LogP contribution in [-0.4, -0.2) is 11.1 Å². The summed E-state index contributed by atoms with van der Waals surface area (Å²) in [5.41, 5.74) is 3.01. The van der Waals surface area contributed by atoms with E-state index < -0.39 is 0 Å². The summed E-state index contributed by atoms with van der Waals surface area (Å²) < 4.78 is 1.14. The molecule has 2 aromatic carbocycles. The molecule has 1 amide bonds. The number of aliphatic imine (C=N–C) groups is 1. The smallest absolute Gasteiger partial charge is 0.264 e. The number of carbonyl (C=O) groups is 1. The number of amides is 1. The summed E-state index contributed by atoms with van der Waals surface area (Å²) >= 11 is 3.63. The predicted octanol–water partition coefficient (Wildman–Crippen LogP) is 4.49. The number of hydrogen-bond acceptors (Lipinski definition) is 3. The minimum Gasteiger partial charge on any atom is -0.300 e. The van der Waals surface area contributed by atoms with Crippen LogP contribution in [0.25, 0.3) is 6.08 Å². The zero-order chi connectivity index (χ0) is 15.5. The molecule has 0 spiro atoms. The minimum absolute atomic E-state index is 0.102. The Hall–Kier alpha value is -1.60. The Morgan fingerprint density at radius 1 is 1.18 bits per heavy atom. The van der Waals surface area contributed by atoms with E-state index in [0.29, 0.717) is 10.1 Å². The Kier molecular flexibility index (Phi) is 4.63. The van der Waals surface area contributed by atoms with E-state index in [0.717, 1.165) is 20.4 Å². The van der Waals surface area contributed by atoms with Crippen LogP contribution in [0, 0.1) is 10.5 Å². The van der Waals surface area contributed by atoms with Crippen molar-refractivity contribution in [1.82, 2.24) is 5.32 Å². The van der Waals surface area contributed by atoms with Crippen molar-refractivity contribution in [2.24, 2.45) is 4.99 Å². The second-order valence-electron chi connectivity index (χ2n) is 4.88. The van der Waals surface area contributed by atoms with Gasteiger partial charge in [0.25, 0.3) is 5.91 Å². The largest absolute Gasteiger partial charge is 0.300 e. The lowest BCUT2D eigenvalue weighted by atomic mass is 10.2. The Morgan fingerprint density at radius 2 is 2.00 bits per heavy atom. The number of rotatable bonds is 2. The summed E-state index contributed by atoms with van der Waals surface area (Å²) in [5, 5.41) is 3.43. The highest BCUT2D eigenvalue weighted by Gasteiger charge is 2.23. The normalized spacial score (nSPS) is 18.0. The molecule has 110 valence electrons. The maximum Gasteiger partial charge on any atom is 0.264 e. The van der Waals surface area contributed by atoms with E-state index in [1.807, 2.05) is 61.5 Å². The first-order valence-electron chi connectivity index (χ1n) is 6.72. The molecule has 1 fully saturated rings. The lowest BCUT2D eigenvalue weighted by molar-refractivity contribution is -0.115. The summed E-state index contributed by atoms with van der Waals surface area (Å²) in [6, 6.07) is 15.9. The lowest BCUT2D eigenvalue weighted by Crippen LogP contribution is -2.19. The number of hydrogen-bond donors (Lipinski definition) is 1. The Morgan fingerprint density at radius 3 is 2.77 bits per heavy atom. The van der Waals surface area contributed by atoms with Gasteiger partial charge in [-0.1, -0.05) is 24.3 Å². The van der Waals surface area contributed by atoms with Crippen LogP contribution in [0.5, 0.6) is 0 Å². The number of carbonyl (C=O) groups excluding carboxylic acids is 1. The Bertz CT molecular complexity index is 799. The summed E-state index contributed by atoms with van der Waals surface area (Å²) in [7, 11) is 0. The molecule has 0 aromatic heterocycles. The van der Waals surface area contributed by atoms with Crippen molar-refractivity contribution in [3.05, 3.63) is 68.1 Å². The molecule has 0 atom stereocenters. The van der Waals surface area contributed by atoms with Gasteiger partial charge in [0.05, 0.1) is 10.6 Å². The second-order valence-corrected chi connectivity index (χ2v) is 7.15. The zero-order valence-electron chi connectivity index (χ0n) is 11.8. The van der Waals surface area contributed by atoms with Crippen molar-refractivity contribution < 1.29 is 4.79 Å². The monoisotopic (exact) mass is 420 g/mol. The van der Waals surface area contributed by atoms with E-state index in [4.69, 9.17) is 0 Å². The van der Waals surface area contributed by atoms with E-state index in [-0.39, 0.29) is 5.91 Å². The van der Waals surface area contributed by atoms with E-state index in [2.05, 4.69) is 32.9 Å². The van der Waals surface area contributed by atoms with Crippen LogP contribution < -0.4 is 5.32 Å². The third-order valence-electron chi connectivity index (χ3n) is 3.03. The highest BCUT2D eigenvalue weighted by molar-refractivity contribution is 14.1. The minimum atomic E-state index is -0.102. The van der Waals surface area contributed by atoms with Crippen molar-refractivity contribution in [2.75, 3.05) is 0 Å². The van der Waals surface area contributed by atoms with Crippen LogP contribution >= 0.6 is 34.4 Å². The number of nitrogens with zero attached hydrogens (tertiary/aromatic N) is 1. The fourth-order valence-corrected chi connectivity index (χ4v) is 3.45. The van der Waals surface area contributed by atoms with Crippen LogP contribution in [0.1, 0.15) is 11.1 Å². The van der Waals surface area contributed by atoms with Crippen LogP contribution in [-0.2, 0) is 4.79 Å². The first kappa shape index (κ1) is 15.3. The third kappa shape index (κ3) is 3.78. The van der Waals surface area contributed by atoms with Gasteiger partial charge in [0.2, 0.25) is 0 Å². The molecule has 1 N–H and O–H groups in total. The van der Waals surface area contributed by atoms with Gasteiger partial charge in [0.1, 0.15) is 0 Å². The van der Waals surface area contributed by atoms with Gasteiger partial charge in [-0.25, -0.2) is 4.99 Å². The van der Waals surface area contributed by atoms with Crippen molar-refractivity contribution in [2.45, 2.75) is 6.92 Å². The fraction of sp³-hybridized carbons (Fsp3) is 0.0588. The van der Waals surface area contributed by atoms with Crippen LogP contribution in [0.3, 0.4) is 0 Å². The lowest BCUT2D eigenvalue weighted by Gasteiger charge is -1.97. The van der Waals surface area contributed by atoms with E-state index >= 15 is 0 Å². The van der Waals surface area contributed by atoms with Crippen LogP contribution in [0.15, 0.2) is 58.4 Å². The molecule has 1 aliphatic rings. The number of halogens is 1. The van der Waals surface area contributed by atoms with Gasteiger partial charge in [-0.05, 0) is 82.7 Å². The van der Waals surface area contributed by atoms with Gasteiger partial charge in [0.15, 0.2) is 5.17 Å².